The number of carbonyl (C=O) groups excluding carboxylic acids is 1. The molecule has 3 rings (SSSR count). The maximum atomic E-state index is 13.6. The molecule has 0 fully saturated rings. The quantitative estimate of drug-likeness (QED) is 0.728. The van der Waals surface area contributed by atoms with Crippen LogP contribution in [0.3, 0.4) is 0 Å². The van der Waals surface area contributed by atoms with Crippen molar-refractivity contribution in [2.24, 2.45) is 0 Å². The van der Waals surface area contributed by atoms with Gasteiger partial charge in [-0.25, -0.2) is 18.7 Å². The van der Waals surface area contributed by atoms with Crippen molar-refractivity contribution in [1.82, 2.24) is 9.97 Å². The summed E-state index contributed by atoms with van der Waals surface area (Å²) in [5, 5.41) is 5.18. The smallest absolute Gasteiger partial charge is 0.274 e. The second-order valence-corrected chi connectivity index (χ2v) is 5.19. The number of para-hydroxylation sites is 1. The molecule has 132 valence electrons. The zero-order valence-electron chi connectivity index (χ0n) is 13.7. The third kappa shape index (κ3) is 3.92. The number of nitrogens with one attached hydrogen (secondary N) is 2. The Kier molecular flexibility index (Phi) is 5.02. The second-order valence-electron chi connectivity index (χ2n) is 5.19. The molecule has 0 atom stereocenters. The van der Waals surface area contributed by atoms with Gasteiger partial charge in [-0.1, -0.05) is 6.07 Å². The van der Waals surface area contributed by atoms with E-state index in [1.54, 1.807) is 31.4 Å². The number of benzene rings is 2. The van der Waals surface area contributed by atoms with Crippen molar-refractivity contribution in [1.29, 1.82) is 0 Å². The summed E-state index contributed by atoms with van der Waals surface area (Å²) in [6.45, 7) is 0. The lowest BCUT2D eigenvalue weighted by molar-refractivity contribution is 0.102. The molecule has 2 aromatic carbocycles. The van der Waals surface area contributed by atoms with E-state index in [-0.39, 0.29) is 5.69 Å². The SMILES string of the molecule is COc1ccc(Nc2cc(C(=O)Nc3c(F)cccc3F)ncn2)cc1. The van der Waals surface area contributed by atoms with E-state index < -0.39 is 23.2 Å². The van der Waals surface area contributed by atoms with Gasteiger partial charge >= 0.3 is 0 Å². The summed E-state index contributed by atoms with van der Waals surface area (Å²) >= 11 is 0. The number of nitrogens with zero attached hydrogens (tertiary/aromatic N) is 2. The third-order valence-corrected chi connectivity index (χ3v) is 3.46. The van der Waals surface area contributed by atoms with Crippen molar-refractivity contribution in [2.75, 3.05) is 17.7 Å². The van der Waals surface area contributed by atoms with Crippen molar-refractivity contribution in [3.8, 4) is 5.75 Å². The molecule has 8 heteroatoms. The number of rotatable bonds is 5. The van der Waals surface area contributed by atoms with Gasteiger partial charge in [0.05, 0.1) is 7.11 Å². The first-order chi connectivity index (χ1) is 12.6. The first-order valence-corrected chi connectivity index (χ1v) is 7.55. The number of amides is 1. The molecule has 3 aromatic rings. The lowest BCUT2D eigenvalue weighted by Crippen LogP contribution is -2.16. The van der Waals surface area contributed by atoms with Gasteiger partial charge in [0, 0.05) is 11.8 Å². The summed E-state index contributed by atoms with van der Waals surface area (Å²) in [4.78, 5) is 20.1. The minimum Gasteiger partial charge on any atom is -0.497 e. The summed E-state index contributed by atoms with van der Waals surface area (Å²) in [5.41, 5.74) is 0.149. The topological polar surface area (TPSA) is 76.1 Å². The number of anilines is 3. The lowest BCUT2D eigenvalue weighted by atomic mass is 10.2. The number of carbonyl (C=O) groups is 1. The first kappa shape index (κ1) is 17.3. The zero-order valence-corrected chi connectivity index (χ0v) is 13.7. The maximum absolute atomic E-state index is 13.6. The van der Waals surface area contributed by atoms with Crippen LogP contribution in [0.1, 0.15) is 10.5 Å². The van der Waals surface area contributed by atoms with E-state index in [0.29, 0.717) is 11.6 Å². The van der Waals surface area contributed by atoms with Crippen molar-refractivity contribution >= 4 is 23.1 Å². The number of aromatic nitrogens is 2. The molecule has 6 nitrogen and oxygen atoms in total. The predicted molar refractivity (Wildman–Crippen MR) is 92.6 cm³/mol. The van der Waals surface area contributed by atoms with Crippen LogP contribution in [0.2, 0.25) is 0 Å². The molecule has 1 aromatic heterocycles. The molecule has 0 bridgehead atoms. The van der Waals surface area contributed by atoms with Gasteiger partial charge in [-0.15, -0.1) is 0 Å². The molecule has 1 amide bonds. The Bertz CT molecular complexity index is 912. The summed E-state index contributed by atoms with van der Waals surface area (Å²) < 4.78 is 32.4. The number of ether oxygens (including phenoxy) is 1. The fourth-order valence-electron chi connectivity index (χ4n) is 2.17. The van der Waals surface area contributed by atoms with Gasteiger partial charge in [0.25, 0.3) is 5.91 Å². The fraction of sp³-hybridized carbons (Fsp3) is 0.0556. The zero-order chi connectivity index (χ0) is 18.5. The Morgan fingerprint density at radius 3 is 2.38 bits per heavy atom. The normalized spacial score (nSPS) is 10.3. The molecule has 0 aliphatic rings. The van der Waals surface area contributed by atoms with E-state index >= 15 is 0 Å². The summed E-state index contributed by atoms with van der Waals surface area (Å²) in [6, 6.07) is 11.8. The van der Waals surface area contributed by atoms with Crippen molar-refractivity contribution < 1.29 is 18.3 Å². The van der Waals surface area contributed by atoms with Crippen LogP contribution in [0.25, 0.3) is 0 Å². The van der Waals surface area contributed by atoms with Gasteiger partial charge in [0.15, 0.2) is 0 Å². The molecular weight excluding hydrogens is 342 g/mol. The fourth-order valence-corrected chi connectivity index (χ4v) is 2.17. The van der Waals surface area contributed by atoms with E-state index in [1.165, 1.54) is 18.5 Å². The molecule has 0 saturated carbocycles. The first-order valence-electron chi connectivity index (χ1n) is 7.55. The Hall–Kier alpha value is -3.55. The molecule has 0 aliphatic carbocycles. The van der Waals surface area contributed by atoms with Crippen LogP contribution in [0.4, 0.5) is 26.0 Å². The largest absolute Gasteiger partial charge is 0.497 e. The lowest BCUT2D eigenvalue weighted by Gasteiger charge is -2.09. The number of hydrogen-bond acceptors (Lipinski definition) is 5. The molecule has 0 spiro atoms. The van der Waals surface area contributed by atoms with E-state index in [1.807, 2.05) is 0 Å². The molecular formula is C18H14F2N4O2. The van der Waals surface area contributed by atoms with Gasteiger partial charge in [-0.2, -0.15) is 0 Å². The van der Waals surface area contributed by atoms with Crippen LogP contribution in [-0.4, -0.2) is 23.0 Å². The molecule has 0 radical (unpaired) electrons. The van der Waals surface area contributed by atoms with Crippen LogP contribution in [0.5, 0.6) is 5.75 Å². The van der Waals surface area contributed by atoms with Crippen LogP contribution in [-0.2, 0) is 0 Å². The van der Waals surface area contributed by atoms with Crippen LogP contribution < -0.4 is 15.4 Å². The average molecular weight is 356 g/mol. The van der Waals surface area contributed by atoms with Gasteiger partial charge in [0.1, 0.15) is 40.9 Å². The van der Waals surface area contributed by atoms with Crippen molar-refractivity contribution in [3.63, 3.8) is 0 Å². The standard InChI is InChI=1S/C18H14F2N4O2/c1-26-12-7-5-11(6-8-12)23-16-9-15(21-10-22-16)18(25)24-17-13(19)3-2-4-14(17)20/h2-10H,1H3,(H,24,25)(H,21,22,23). The maximum Gasteiger partial charge on any atom is 0.274 e. The summed E-state index contributed by atoms with van der Waals surface area (Å²) in [6.07, 6.45) is 1.18. The van der Waals surface area contributed by atoms with Gasteiger partial charge in [0.2, 0.25) is 0 Å². The molecule has 0 saturated heterocycles. The van der Waals surface area contributed by atoms with Crippen LogP contribution in [0, 0.1) is 11.6 Å². The highest BCUT2D eigenvalue weighted by Crippen LogP contribution is 2.21. The molecule has 0 unspecified atom stereocenters. The Balaban J connectivity index is 1.76. The van der Waals surface area contributed by atoms with Gasteiger partial charge < -0.3 is 15.4 Å². The van der Waals surface area contributed by atoms with Crippen LogP contribution >= 0.6 is 0 Å². The molecule has 2 N–H and O–H groups in total. The van der Waals surface area contributed by atoms with E-state index in [0.717, 1.165) is 17.8 Å². The number of methoxy groups -OCH3 is 1. The van der Waals surface area contributed by atoms with Gasteiger partial charge in [-0.05, 0) is 36.4 Å². The Morgan fingerprint density at radius 1 is 1.04 bits per heavy atom. The number of halogens is 2. The molecule has 1 heterocycles. The second kappa shape index (κ2) is 7.56. The number of hydrogen-bond donors (Lipinski definition) is 2. The highest BCUT2D eigenvalue weighted by atomic mass is 19.1. The van der Waals surface area contributed by atoms with E-state index in [2.05, 4.69) is 20.6 Å². The third-order valence-electron chi connectivity index (χ3n) is 3.46. The monoisotopic (exact) mass is 356 g/mol. The highest BCUT2D eigenvalue weighted by Gasteiger charge is 2.15. The Morgan fingerprint density at radius 2 is 1.73 bits per heavy atom. The Labute approximate surface area is 147 Å². The van der Waals surface area contributed by atoms with Gasteiger partial charge in [-0.3, -0.25) is 4.79 Å². The average Bonchev–Trinajstić information content (AvgIpc) is 2.65. The van der Waals surface area contributed by atoms with E-state index in [4.69, 9.17) is 4.74 Å². The summed E-state index contributed by atoms with van der Waals surface area (Å²) in [5.74, 6) is -1.45. The van der Waals surface area contributed by atoms with Crippen molar-refractivity contribution in [3.05, 3.63) is 72.2 Å². The minimum absolute atomic E-state index is 0.0429. The summed E-state index contributed by atoms with van der Waals surface area (Å²) in [7, 11) is 1.57. The molecule has 26 heavy (non-hydrogen) atoms. The van der Waals surface area contributed by atoms with Crippen LogP contribution in [0.15, 0.2) is 54.9 Å². The predicted octanol–water partition coefficient (Wildman–Crippen LogP) is 3.76. The highest BCUT2D eigenvalue weighted by molar-refractivity contribution is 6.03. The minimum atomic E-state index is -0.871. The molecule has 0 aliphatic heterocycles. The van der Waals surface area contributed by atoms with E-state index in [9.17, 15) is 13.6 Å². The van der Waals surface area contributed by atoms with Crippen molar-refractivity contribution in [2.45, 2.75) is 0 Å².